The maximum absolute atomic E-state index is 13.1. The number of carbonyl (C=O) groups excluding carboxylic acids is 4. The summed E-state index contributed by atoms with van der Waals surface area (Å²) in [5.41, 5.74) is 0.342. The molecule has 0 aromatic heterocycles. The van der Waals surface area contributed by atoms with Gasteiger partial charge in [-0.3, -0.25) is 19.3 Å². The van der Waals surface area contributed by atoms with E-state index in [1.807, 2.05) is 0 Å². The van der Waals surface area contributed by atoms with Gasteiger partial charge in [0.25, 0.3) is 5.91 Å². The van der Waals surface area contributed by atoms with Crippen LogP contribution in [0.2, 0.25) is 5.02 Å². The molecule has 8 nitrogen and oxygen atoms in total. The second-order valence-corrected chi connectivity index (χ2v) is 9.56. The molecule has 1 aliphatic heterocycles. The van der Waals surface area contributed by atoms with E-state index in [2.05, 4.69) is 5.32 Å². The van der Waals surface area contributed by atoms with E-state index >= 15 is 0 Å². The first-order chi connectivity index (χ1) is 15.2. The number of benzene rings is 1. The third kappa shape index (κ3) is 3.85. The van der Waals surface area contributed by atoms with Crippen LogP contribution in [0.15, 0.2) is 18.2 Å². The number of hydrogen-bond acceptors (Lipinski definition) is 6. The number of nitrogens with one attached hydrogen (secondary N) is 1. The highest BCUT2D eigenvalue weighted by Crippen LogP contribution is 2.56. The molecule has 3 fully saturated rings. The summed E-state index contributed by atoms with van der Waals surface area (Å²) in [7, 11) is 1.46. The molecular weight excluding hydrogens is 436 g/mol. The second kappa shape index (κ2) is 8.73. The number of rotatable bonds is 7. The molecule has 172 valence electrons. The molecule has 4 rings (SSSR count). The molecule has 1 N–H and O–H groups in total. The molecule has 2 saturated carbocycles. The number of likely N-dealkylation sites (tertiary alicyclic amines) is 1. The lowest BCUT2D eigenvalue weighted by molar-refractivity contribution is -0.162. The molecule has 1 saturated heterocycles. The number of amides is 3. The Hall–Kier alpha value is -2.61. The third-order valence-corrected chi connectivity index (χ3v) is 7.13. The Morgan fingerprint density at radius 3 is 2.34 bits per heavy atom. The summed E-state index contributed by atoms with van der Waals surface area (Å²) >= 11 is 5.96. The number of methoxy groups -OCH3 is 1. The van der Waals surface area contributed by atoms with Crippen molar-refractivity contribution in [2.45, 2.75) is 39.2 Å². The van der Waals surface area contributed by atoms with E-state index in [0.29, 0.717) is 16.5 Å². The Kier molecular flexibility index (Phi) is 6.16. The van der Waals surface area contributed by atoms with Crippen molar-refractivity contribution in [2.24, 2.45) is 29.6 Å². The summed E-state index contributed by atoms with van der Waals surface area (Å²) in [6, 6.07) is 3.70. The van der Waals surface area contributed by atoms with Gasteiger partial charge in [0.1, 0.15) is 11.8 Å². The molecule has 0 unspecified atom stereocenters. The summed E-state index contributed by atoms with van der Waals surface area (Å²) in [4.78, 5) is 52.6. The molecular formula is C23H27ClN2O6. The Bertz CT molecular complexity index is 936. The minimum atomic E-state index is -1.05. The van der Waals surface area contributed by atoms with Crippen LogP contribution in [0.4, 0.5) is 5.69 Å². The first-order valence-electron chi connectivity index (χ1n) is 10.9. The summed E-state index contributed by atoms with van der Waals surface area (Å²) in [5, 5.41) is 3.00. The molecule has 9 heteroatoms. The first kappa shape index (κ1) is 22.6. The Morgan fingerprint density at radius 1 is 1.16 bits per heavy atom. The Morgan fingerprint density at radius 2 is 1.78 bits per heavy atom. The fourth-order valence-corrected chi connectivity index (χ4v) is 5.74. The van der Waals surface area contributed by atoms with Gasteiger partial charge in [0.2, 0.25) is 11.8 Å². The maximum Gasteiger partial charge on any atom is 0.330 e. The predicted octanol–water partition coefficient (Wildman–Crippen LogP) is 2.89. The average Bonchev–Trinajstić information content (AvgIpc) is 3.42. The van der Waals surface area contributed by atoms with E-state index in [4.69, 9.17) is 21.1 Å². The van der Waals surface area contributed by atoms with Crippen molar-refractivity contribution in [1.82, 2.24) is 4.90 Å². The largest absolute Gasteiger partial charge is 0.495 e. The number of fused-ring (bicyclic) bond motifs is 5. The monoisotopic (exact) mass is 462 g/mol. The molecule has 0 radical (unpaired) electrons. The topological polar surface area (TPSA) is 102 Å². The van der Waals surface area contributed by atoms with Crippen LogP contribution in [0, 0.1) is 29.6 Å². The molecule has 32 heavy (non-hydrogen) atoms. The van der Waals surface area contributed by atoms with E-state index in [1.54, 1.807) is 26.0 Å². The number of nitrogens with zero attached hydrogens (tertiary/aromatic N) is 1. The quantitative estimate of drug-likeness (QED) is 0.493. The van der Waals surface area contributed by atoms with Crippen LogP contribution in [0.5, 0.6) is 5.75 Å². The standard InChI is InChI=1S/C23H27ClN2O6/c1-11(2)20(26-21(28)18-12-4-5-13(8-12)19(18)22(26)29)23(30)32-10-17(27)25-15-9-14(24)6-7-16(15)31-3/h6-7,9,11-13,18-20H,4-5,8,10H2,1-3H3,(H,25,27)/t12-,13-,18-,19+,20-/m0/s1. The van der Waals surface area contributed by atoms with Crippen molar-refractivity contribution in [3.8, 4) is 5.75 Å². The molecule has 1 heterocycles. The van der Waals surface area contributed by atoms with Gasteiger partial charge in [-0.15, -0.1) is 0 Å². The number of carbonyl (C=O) groups is 4. The Balaban J connectivity index is 1.42. The molecule has 2 aliphatic carbocycles. The SMILES string of the molecule is COc1ccc(Cl)cc1NC(=O)COC(=O)[C@H](C(C)C)N1C(=O)[C@@H]2[C@H]3CC[C@@H](C3)[C@@H]2C1=O. The Labute approximate surface area is 191 Å². The van der Waals surface area contributed by atoms with Crippen molar-refractivity contribution in [1.29, 1.82) is 0 Å². The van der Waals surface area contributed by atoms with Gasteiger partial charge in [-0.2, -0.15) is 0 Å². The summed E-state index contributed by atoms with van der Waals surface area (Å²) < 4.78 is 10.4. The summed E-state index contributed by atoms with van der Waals surface area (Å²) in [5.74, 6) is -1.98. The molecule has 0 spiro atoms. The van der Waals surface area contributed by atoms with Crippen LogP contribution in [-0.2, 0) is 23.9 Å². The summed E-state index contributed by atoms with van der Waals surface area (Å²) in [6.45, 7) is 2.95. The van der Waals surface area contributed by atoms with Crippen molar-refractivity contribution in [2.75, 3.05) is 19.0 Å². The number of imide groups is 1. The van der Waals surface area contributed by atoms with Crippen LogP contribution < -0.4 is 10.1 Å². The maximum atomic E-state index is 13.1. The van der Waals surface area contributed by atoms with Gasteiger partial charge in [-0.05, 0) is 55.2 Å². The van der Waals surface area contributed by atoms with E-state index in [9.17, 15) is 19.2 Å². The fourth-order valence-electron chi connectivity index (χ4n) is 5.57. The van der Waals surface area contributed by atoms with E-state index < -0.39 is 24.5 Å². The van der Waals surface area contributed by atoms with Crippen LogP contribution >= 0.6 is 11.6 Å². The number of esters is 1. The lowest BCUT2D eigenvalue weighted by atomic mass is 9.81. The van der Waals surface area contributed by atoms with E-state index in [1.165, 1.54) is 13.2 Å². The van der Waals surface area contributed by atoms with Crippen LogP contribution in [0.25, 0.3) is 0 Å². The van der Waals surface area contributed by atoms with Gasteiger partial charge in [0, 0.05) is 5.02 Å². The van der Waals surface area contributed by atoms with Gasteiger partial charge in [0.15, 0.2) is 6.61 Å². The highest BCUT2D eigenvalue weighted by atomic mass is 35.5. The van der Waals surface area contributed by atoms with Gasteiger partial charge < -0.3 is 14.8 Å². The number of anilines is 1. The predicted molar refractivity (Wildman–Crippen MR) is 116 cm³/mol. The second-order valence-electron chi connectivity index (χ2n) is 9.12. The van der Waals surface area contributed by atoms with Crippen molar-refractivity contribution < 1.29 is 28.7 Å². The average molecular weight is 463 g/mol. The van der Waals surface area contributed by atoms with Crippen molar-refractivity contribution in [3.05, 3.63) is 23.2 Å². The first-order valence-corrected chi connectivity index (χ1v) is 11.3. The zero-order valence-corrected chi connectivity index (χ0v) is 19.1. The van der Waals surface area contributed by atoms with Gasteiger partial charge in [0.05, 0.1) is 24.6 Å². The van der Waals surface area contributed by atoms with Crippen LogP contribution in [-0.4, -0.2) is 48.3 Å². The molecule has 5 atom stereocenters. The molecule has 3 aliphatic rings. The highest BCUT2D eigenvalue weighted by molar-refractivity contribution is 6.31. The zero-order valence-electron chi connectivity index (χ0n) is 18.3. The van der Waals surface area contributed by atoms with Gasteiger partial charge in [-0.25, -0.2) is 4.79 Å². The smallest absolute Gasteiger partial charge is 0.330 e. The highest BCUT2D eigenvalue weighted by Gasteiger charge is 2.62. The van der Waals surface area contributed by atoms with Crippen molar-refractivity contribution in [3.63, 3.8) is 0 Å². The fraction of sp³-hybridized carbons (Fsp3) is 0.565. The van der Waals surface area contributed by atoms with E-state index in [0.717, 1.165) is 24.2 Å². The van der Waals surface area contributed by atoms with Gasteiger partial charge in [-0.1, -0.05) is 25.4 Å². The molecule has 1 aromatic carbocycles. The third-order valence-electron chi connectivity index (χ3n) is 6.89. The number of hydrogen-bond donors (Lipinski definition) is 1. The lowest BCUT2D eigenvalue weighted by Crippen LogP contribution is -2.50. The lowest BCUT2D eigenvalue weighted by Gasteiger charge is -2.28. The van der Waals surface area contributed by atoms with Crippen LogP contribution in [0.3, 0.4) is 0 Å². The van der Waals surface area contributed by atoms with Crippen LogP contribution in [0.1, 0.15) is 33.1 Å². The number of ether oxygens (including phenoxy) is 2. The molecule has 2 bridgehead atoms. The van der Waals surface area contributed by atoms with Gasteiger partial charge >= 0.3 is 5.97 Å². The molecule has 1 aromatic rings. The minimum absolute atomic E-state index is 0.230. The zero-order chi connectivity index (χ0) is 23.2. The number of halogens is 1. The minimum Gasteiger partial charge on any atom is -0.495 e. The van der Waals surface area contributed by atoms with E-state index in [-0.39, 0.29) is 41.4 Å². The molecule has 3 amide bonds. The summed E-state index contributed by atoms with van der Waals surface area (Å²) in [6.07, 6.45) is 2.84. The normalized spacial score (nSPS) is 27.0. The van der Waals surface area contributed by atoms with Crippen molar-refractivity contribution >= 4 is 41.0 Å².